The van der Waals surface area contributed by atoms with Crippen molar-refractivity contribution in [1.29, 1.82) is 0 Å². The van der Waals surface area contributed by atoms with Gasteiger partial charge in [-0.3, -0.25) is 9.59 Å². The first kappa shape index (κ1) is 19.1. The van der Waals surface area contributed by atoms with Gasteiger partial charge in [-0.25, -0.2) is 13.1 Å². The van der Waals surface area contributed by atoms with Gasteiger partial charge in [0.05, 0.1) is 10.8 Å². The lowest BCUT2D eigenvalue weighted by atomic mass is 9.97. The number of aryl methyl sites for hydroxylation is 2. The van der Waals surface area contributed by atoms with E-state index in [0.29, 0.717) is 5.56 Å². The van der Waals surface area contributed by atoms with Gasteiger partial charge in [0.25, 0.3) is 0 Å². The minimum absolute atomic E-state index is 0.0809. The molecule has 0 aliphatic rings. The molecule has 1 aromatic rings. The van der Waals surface area contributed by atoms with E-state index in [4.69, 9.17) is 5.11 Å². The quantitative estimate of drug-likeness (QED) is 0.658. The molecule has 0 heterocycles. The molecule has 0 aliphatic heterocycles. The zero-order valence-corrected chi connectivity index (χ0v) is 14.1. The van der Waals surface area contributed by atoms with Gasteiger partial charge in [-0.05, 0) is 38.8 Å². The second kappa shape index (κ2) is 7.56. The number of carbonyl (C=O) groups is 2. The van der Waals surface area contributed by atoms with Gasteiger partial charge in [0.2, 0.25) is 10.0 Å². The lowest BCUT2D eigenvalue weighted by molar-refractivity contribution is -0.143. The van der Waals surface area contributed by atoms with E-state index in [-0.39, 0.29) is 17.7 Å². The molecule has 0 saturated carbocycles. The fraction of sp³-hybridized carbons (Fsp3) is 0.467. The minimum Gasteiger partial charge on any atom is -0.481 e. The summed E-state index contributed by atoms with van der Waals surface area (Å²) in [5, 5.41) is 17.9. The van der Waals surface area contributed by atoms with Gasteiger partial charge in [-0.2, -0.15) is 0 Å². The standard InChI is InChI=1S/C15H21NO6S/c1-9-4-6-13(10(2)8-9)23(21,22)16-11(3)12(15(19)20)5-7-14(17)18/h4,6,8,11-12,16H,5,7H2,1-3H3,(H,17,18)(H,19,20). The van der Waals surface area contributed by atoms with Crippen molar-refractivity contribution in [3.63, 3.8) is 0 Å². The second-order valence-corrected chi connectivity index (χ2v) is 7.24. The van der Waals surface area contributed by atoms with Crippen LogP contribution in [0.25, 0.3) is 0 Å². The summed E-state index contributed by atoms with van der Waals surface area (Å²) in [5.74, 6) is -3.48. The maximum absolute atomic E-state index is 12.4. The molecule has 0 fully saturated rings. The first-order valence-corrected chi connectivity index (χ1v) is 8.57. The maximum Gasteiger partial charge on any atom is 0.308 e. The van der Waals surface area contributed by atoms with Crippen LogP contribution in [0, 0.1) is 19.8 Å². The Hall–Kier alpha value is -1.93. The lowest BCUT2D eigenvalue weighted by Gasteiger charge is -2.21. The van der Waals surface area contributed by atoms with Crippen LogP contribution in [0.1, 0.15) is 30.9 Å². The van der Waals surface area contributed by atoms with Crippen LogP contribution in [0.4, 0.5) is 0 Å². The summed E-state index contributed by atoms with van der Waals surface area (Å²) in [6.07, 6.45) is -0.492. The van der Waals surface area contributed by atoms with Gasteiger partial charge in [0, 0.05) is 12.5 Å². The van der Waals surface area contributed by atoms with E-state index in [1.807, 2.05) is 6.92 Å². The number of sulfonamides is 1. The van der Waals surface area contributed by atoms with Gasteiger partial charge in [0.15, 0.2) is 0 Å². The Balaban J connectivity index is 2.97. The summed E-state index contributed by atoms with van der Waals surface area (Å²) in [4.78, 5) is 21.9. The number of nitrogens with one attached hydrogen (secondary N) is 1. The van der Waals surface area contributed by atoms with E-state index < -0.39 is 33.9 Å². The van der Waals surface area contributed by atoms with E-state index in [0.717, 1.165) is 5.56 Å². The van der Waals surface area contributed by atoms with E-state index in [2.05, 4.69) is 4.72 Å². The molecule has 0 radical (unpaired) electrons. The summed E-state index contributed by atoms with van der Waals surface area (Å²) >= 11 is 0. The summed E-state index contributed by atoms with van der Waals surface area (Å²) < 4.78 is 27.2. The number of carboxylic acids is 2. The van der Waals surface area contributed by atoms with Crippen molar-refractivity contribution >= 4 is 22.0 Å². The highest BCUT2D eigenvalue weighted by atomic mass is 32.2. The topological polar surface area (TPSA) is 121 Å². The molecule has 1 aromatic carbocycles. The first-order chi connectivity index (χ1) is 10.5. The summed E-state index contributed by atoms with van der Waals surface area (Å²) in [6, 6.07) is 3.91. The highest BCUT2D eigenvalue weighted by Crippen LogP contribution is 2.19. The van der Waals surface area contributed by atoms with Gasteiger partial charge >= 0.3 is 11.9 Å². The van der Waals surface area contributed by atoms with Crippen molar-refractivity contribution in [1.82, 2.24) is 4.72 Å². The van der Waals surface area contributed by atoms with Crippen LogP contribution >= 0.6 is 0 Å². The van der Waals surface area contributed by atoms with Crippen LogP contribution in [0.2, 0.25) is 0 Å². The third kappa shape index (κ3) is 5.33. The van der Waals surface area contributed by atoms with Crippen LogP contribution in [-0.4, -0.2) is 36.6 Å². The SMILES string of the molecule is Cc1ccc(S(=O)(=O)NC(C)C(CCC(=O)O)C(=O)O)c(C)c1. The Morgan fingerprint density at radius 1 is 1.22 bits per heavy atom. The van der Waals surface area contributed by atoms with Crippen LogP contribution in [-0.2, 0) is 19.6 Å². The van der Waals surface area contributed by atoms with Crippen molar-refractivity contribution in [2.24, 2.45) is 5.92 Å². The fourth-order valence-electron chi connectivity index (χ4n) is 2.36. The van der Waals surface area contributed by atoms with Crippen LogP contribution in [0.3, 0.4) is 0 Å². The molecule has 0 aliphatic carbocycles. The molecule has 128 valence electrons. The highest BCUT2D eigenvalue weighted by Gasteiger charge is 2.29. The molecule has 0 spiro atoms. The fourth-order valence-corrected chi connectivity index (χ4v) is 3.87. The Labute approximate surface area is 135 Å². The number of hydrogen-bond acceptors (Lipinski definition) is 4. The molecular weight excluding hydrogens is 322 g/mol. The highest BCUT2D eigenvalue weighted by molar-refractivity contribution is 7.89. The average molecular weight is 343 g/mol. The Morgan fingerprint density at radius 3 is 2.30 bits per heavy atom. The molecule has 0 amide bonds. The molecular formula is C15H21NO6S. The molecule has 7 nitrogen and oxygen atoms in total. The second-order valence-electron chi connectivity index (χ2n) is 5.56. The summed E-state index contributed by atoms with van der Waals surface area (Å²) in [7, 11) is -3.88. The third-order valence-corrected chi connectivity index (χ3v) is 5.27. The molecule has 2 unspecified atom stereocenters. The Morgan fingerprint density at radius 2 is 1.83 bits per heavy atom. The van der Waals surface area contributed by atoms with Crippen molar-refractivity contribution in [2.45, 2.75) is 44.6 Å². The summed E-state index contributed by atoms with van der Waals surface area (Å²) in [6.45, 7) is 4.92. The predicted molar refractivity (Wildman–Crippen MR) is 83.7 cm³/mol. The summed E-state index contributed by atoms with van der Waals surface area (Å²) in [5.41, 5.74) is 1.47. The van der Waals surface area contributed by atoms with Gasteiger partial charge in [0.1, 0.15) is 0 Å². The van der Waals surface area contributed by atoms with Gasteiger partial charge in [-0.1, -0.05) is 17.7 Å². The zero-order valence-electron chi connectivity index (χ0n) is 13.2. The molecule has 3 N–H and O–H groups in total. The number of rotatable bonds is 8. The normalized spacial score (nSPS) is 14.2. The van der Waals surface area contributed by atoms with Crippen molar-refractivity contribution in [3.8, 4) is 0 Å². The molecule has 0 bridgehead atoms. The van der Waals surface area contributed by atoms with E-state index >= 15 is 0 Å². The predicted octanol–water partition coefficient (Wildman–Crippen LogP) is 1.54. The zero-order chi connectivity index (χ0) is 17.8. The molecule has 8 heteroatoms. The maximum atomic E-state index is 12.4. The van der Waals surface area contributed by atoms with E-state index in [9.17, 15) is 23.1 Å². The molecule has 1 rings (SSSR count). The third-order valence-electron chi connectivity index (χ3n) is 3.55. The number of hydrogen-bond donors (Lipinski definition) is 3. The molecule has 0 saturated heterocycles. The molecule has 23 heavy (non-hydrogen) atoms. The van der Waals surface area contributed by atoms with E-state index in [1.54, 1.807) is 19.1 Å². The molecule has 2 atom stereocenters. The smallest absolute Gasteiger partial charge is 0.308 e. The van der Waals surface area contributed by atoms with Crippen LogP contribution in [0.15, 0.2) is 23.1 Å². The largest absolute Gasteiger partial charge is 0.481 e. The molecule has 0 aromatic heterocycles. The van der Waals surface area contributed by atoms with Gasteiger partial charge < -0.3 is 10.2 Å². The number of benzene rings is 1. The number of carboxylic acid groups (broad SMARTS) is 2. The Bertz CT molecular complexity index is 698. The van der Waals surface area contributed by atoms with Crippen molar-refractivity contribution in [3.05, 3.63) is 29.3 Å². The number of aliphatic carboxylic acids is 2. The minimum atomic E-state index is -3.88. The Kier molecular flexibility index (Phi) is 6.28. The monoisotopic (exact) mass is 343 g/mol. The van der Waals surface area contributed by atoms with Crippen molar-refractivity contribution in [2.75, 3.05) is 0 Å². The van der Waals surface area contributed by atoms with E-state index in [1.165, 1.54) is 13.0 Å². The first-order valence-electron chi connectivity index (χ1n) is 7.08. The van der Waals surface area contributed by atoms with Crippen LogP contribution < -0.4 is 4.72 Å². The van der Waals surface area contributed by atoms with Gasteiger partial charge in [-0.15, -0.1) is 0 Å². The van der Waals surface area contributed by atoms with Crippen LogP contribution in [0.5, 0.6) is 0 Å². The average Bonchev–Trinajstić information content (AvgIpc) is 2.36. The lowest BCUT2D eigenvalue weighted by Crippen LogP contribution is -2.41. The van der Waals surface area contributed by atoms with Crippen molar-refractivity contribution < 1.29 is 28.2 Å².